The summed E-state index contributed by atoms with van der Waals surface area (Å²) in [5.74, 6) is 2.55. The van der Waals surface area contributed by atoms with Gasteiger partial charge < -0.3 is 26.2 Å². The highest BCUT2D eigenvalue weighted by atomic mass is 16.5. The first-order chi connectivity index (χ1) is 22.0. The third-order valence-electron chi connectivity index (χ3n) is 8.64. The SMILES string of the molecule is C[C@@H]1CC(=O)N[C@@H]2CCC[C@H](C2)c2nc(-c3ccc(NC(=O)Nc4cc(C(C)(C)C)on4)cc3)c3c(N)ncc(n23)/C=C/CCN1. The summed E-state index contributed by atoms with van der Waals surface area (Å²) in [5.41, 5.74) is 10.2. The van der Waals surface area contributed by atoms with Crippen LogP contribution >= 0.6 is 0 Å². The van der Waals surface area contributed by atoms with E-state index in [4.69, 9.17) is 15.2 Å². The Morgan fingerprint density at radius 3 is 2.72 bits per heavy atom. The lowest BCUT2D eigenvalue weighted by Gasteiger charge is -2.29. The Hall–Kier alpha value is -4.71. The summed E-state index contributed by atoms with van der Waals surface area (Å²) >= 11 is 0. The zero-order chi connectivity index (χ0) is 32.4. The fourth-order valence-corrected chi connectivity index (χ4v) is 6.27. The van der Waals surface area contributed by atoms with Crippen LogP contribution in [0.2, 0.25) is 0 Å². The first kappa shape index (κ1) is 31.3. The van der Waals surface area contributed by atoms with Crippen LogP contribution in [0.5, 0.6) is 0 Å². The topological polar surface area (TPSA) is 164 Å². The average Bonchev–Trinajstić information content (AvgIpc) is 3.64. The van der Waals surface area contributed by atoms with Gasteiger partial charge in [-0.15, -0.1) is 0 Å². The number of imidazole rings is 1. The number of nitrogens with one attached hydrogen (secondary N) is 4. The van der Waals surface area contributed by atoms with Crippen LogP contribution in [0, 0.1) is 0 Å². The minimum Gasteiger partial charge on any atom is -0.382 e. The molecule has 0 radical (unpaired) electrons. The van der Waals surface area contributed by atoms with Crippen LogP contribution in [0.15, 0.2) is 47.1 Å². The van der Waals surface area contributed by atoms with Crippen molar-refractivity contribution in [1.29, 1.82) is 0 Å². The van der Waals surface area contributed by atoms with E-state index in [-0.39, 0.29) is 29.3 Å². The standard InChI is InChI=1S/C34H43N9O3/c1-20-16-28(44)38-24-9-7-8-22(17-24)32-41-29(30-31(35)37-19-25(43(30)32)10-5-6-15-36-20)21-11-13-23(14-12-21)39-33(45)40-27-18-26(46-42-27)34(2,3)4/h5,10-14,18-20,22,24,36H,6-9,15-17H2,1-4H3,(H2,35,37)(H,38,44)(H2,39,40,42,45)/b10-5+/t20-,22-,24-/m1/s1. The predicted octanol–water partition coefficient (Wildman–Crippen LogP) is 5.84. The number of aromatic nitrogens is 4. The van der Waals surface area contributed by atoms with Crippen LogP contribution in [-0.4, -0.2) is 50.1 Å². The molecule has 12 heteroatoms. The number of anilines is 3. The van der Waals surface area contributed by atoms with Gasteiger partial charge in [0.25, 0.3) is 0 Å². The van der Waals surface area contributed by atoms with Gasteiger partial charge in [0.2, 0.25) is 5.91 Å². The van der Waals surface area contributed by atoms with Gasteiger partial charge >= 0.3 is 6.03 Å². The molecule has 1 aliphatic carbocycles. The van der Waals surface area contributed by atoms with Crippen LogP contribution in [0.1, 0.15) is 89.4 Å². The number of hydrogen-bond donors (Lipinski definition) is 5. The van der Waals surface area contributed by atoms with Crippen molar-refractivity contribution in [3.63, 3.8) is 0 Å². The molecule has 1 fully saturated rings. The molecule has 4 aromatic rings. The van der Waals surface area contributed by atoms with Gasteiger partial charge in [-0.05, 0) is 57.4 Å². The smallest absolute Gasteiger partial charge is 0.324 e. The molecule has 6 N–H and O–H groups in total. The summed E-state index contributed by atoms with van der Waals surface area (Å²) in [5, 5.41) is 16.3. The molecule has 3 atom stereocenters. The van der Waals surface area contributed by atoms with E-state index in [1.54, 1.807) is 12.3 Å². The number of nitrogen functional groups attached to an aromatic ring is 1. The first-order valence-electron chi connectivity index (χ1n) is 16.1. The molecule has 3 aromatic heterocycles. The molecular formula is C34H43N9O3. The number of fused-ring (bicyclic) bond motifs is 3. The van der Waals surface area contributed by atoms with Crippen LogP contribution < -0.4 is 27.0 Å². The zero-order valence-corrected chi connectivity index (χ0v) is 26.9. The highest BCUT2D eigenvalue weighted by molar-refractivity contribution is 5.99. The van der Waals surface area contributed by atoms with Crippen LogP contribution in [0.3, 0.4) is 0 Å². The van der Waals surface area contributed by atoms with E-state index < -0.39 is 6.03 Å². The maximum Gasteiger partial charge on any atom is 0.324 e. The third-order valence-corrected chi connectivity index (χ3v) is 8.64. The molecule has 12 nitrogen and oxygen atoms in total. The number of urea groups is 1. The van der Waals surface area contributed by atoms with E-state index in [0.29, 0.717) is 29.5 Å². The number of amides is 3. The molecule has 0 saturated heterocycles. The summed E-state index contributed by atoms with van der Waals surface area (Å²) < 4.78 is 7.50. The van der Waals surface area contributed by atoms with Gasteiger partial charge in [-0.25, -0.2) is 14.8 Å². The minimum atomic E-state index is -0.427. The second kappa shape index (κ2) is 13.0. The number of rotatable bonds is 3. The van der Waals surface area contributed by atoms with Gasteiger partial charge in [-0.1, -0.05) is 50.6 Å². The predicted molar refractivity (Wildman–Crippen MR) is 180 cm³/mol. The maximum absolute atomic E-state index is 12.8. The molecule has 0 unspecified atom stereocenters. The fourth-order valence-electron chi connectivity index (χ4n) is 6.27. The average molecular weight is 626 g/mol. The normalized spacial score (nSPS) is 21.6. The number of nitrogens with zero attached hydrogens (tertiary/aromatic N) is 4. The lowest BCUT2D eigenvalue weighted by atomic mass is 9.85. The Bertz CT molecular complexity index is 1750. The number of carbonyl (C=O) groups is 2. The fraction of sp³-hybridized carbons (Fsp3) is 0.441. The van der Waals surface area contributed by atoms with Gasteiger partial charge in [0.15, 0.2) is 5.82 Å². The molecule has 3 amide bonds. The van der Waals surface area contributed by atoms with E-state index in [0.717, 1.165) is 66.9 Å². The summed E-state index contributed by atoms with van der Waals surface area (Å²) in [6, 6.07) is 8.98. The summed E-state index contributed by atoms with van der Waals surface area (Å²) in [4.78, 5) is 35.3. The largest absolute Gasteiger partial charge is 0.382 e. The molecule has 1 aromatic carbocycles. The lowest BCUT2D eigenvalue weighted by Crippen LogP contribution is -2.41. The van der Waals surface area contributed by atoms with Gasteiger partial charge in [0.1, 0.15) is 28.6 Å². The highest BCUT2D eigenvalue weighted by Gasteiger charge is 2.30. The van der Waals surface area contributed by atoms with Gasteiger partial charge in [0.05, 0.1) is 11.9 Å². The number of benzene rings is 1. The second-order valence-electron chi connectivity index (χ2n) is 13.4. The third kappa shape index (κ3) is 6.91. The van der Waals surface area contributed by atoms with Crippen LogP contribution in [0.4, 0.5) is 22.1 Å². The molecule has 4 heterocycles. The van der Waals surface area contributed by atoms with Gasteiger partial charge in [0, 0.05) is 47.2 Å². The molecule has 0 spiro atoms. The van der Waals surface area contributed by atoms with Crippen molar-refractivity contribution in [2.75, 3.05) is 22.9 Å². The van der Waals surface area contributed by atoms with E-state index in [1.165, 1.54) is 0 Å². The Kier molecular flexibility index (Phi) is 8.81. The summed E-state index contributed by atoms with van der Waals surface area (Å²) in [7, 11) is 0. The summed E-state index contributed by atoms with van der Waals surface area (Å²) in [6.45, 7) is 8.85. The molecule has 1 aliphatic heterocycles. The van der Waals surface area contributed by atoms with E-state index in [2.05, 4.69) is 48.0 Å². The van der Waals surface area contributed by atoms with Crippen molar-refractivity contribution in [3.8, 4) is 11.3 Å². The molecule has 6 rings (SSSR count). The molecule has 2 bridgehead atoms. The monoisotopic (exact) mass is 625 g/mol. The Labute approximate surface area is 268 Å². The lowest BCUT2D eigenvalue weighted by molar-refractivity contribution is -0.122. The Balaban J connectivity index is 1.30. The van der Waals surface area contributed by atoms with Crippen molar-refractivity contribution < 1.29 is 14.1 Å². The van der Waals surface area contributed by atoms with E-state index >= 15 is 0 Å². The van der Waals surface area contributed by atoms with Crippen molar-refractivity contribution in [1.82, 2.24) is 30.2 Å². The first-order valence-corrected chi connectivity index (χ1v) is 16.1. The van der Waals surface area contributed by atoms with E-state index in [1.807, 2.05) is 52.0 Å². The van der Waals surface area contributed by atoms with Crippen LogP contribution in [-0.2, 0) is 10.2 Å². The molecule has 1 saturated carbocycles. The Morgan fingerprint density at radius 1 is 1.15 bits per heavy atom. The molecule has 2 aliphatic rings. The molecule has 46 heavy (non-hydrogen) atoms. The van der Waals surface area contributed by atoms with E-state index in [9.17, 15) is 9.59 Å². The highest BCUT2D eigenvalue weighted by Crippen LogP contribution is 2.38. The Morgan fingerprint density at radius 2 is 1.96 bits per heavy atom. The maximum atomic E-state index is 12.8. The number of hydrogen-bond acceptors (Lipinski definition) is 8. The van der Waals surface area contributed by atoms with Gasteiger partial charge in [-0.3, -0.25) is 14.5 Å². The zero-order valence-electron chi connectivity index (χ0n) is 26.9. The molecule has 242 valence electrons. The minimum absolute atomic E-state index is 0.0805. The second-order valence-corrected chi connectivity index (χ2v) is 13.4. The summed E-state index contributed by atoms with van der Waals surface area (Å²) in [6.07, 6.45) is 11.0. The van der Waals surface area contributed by atoms with Gasteiger partial charge in [-0.2, -0.15) is 0 Å². The van der Waals surface area contributed by atoms with Crippen molar-refractivity contribution in [2.24, 2.45) is 0 Å². The number of carbonyl (C=O) groups excluding carboxylic acids is 2. The van der Waals surface area contributed by atoms with Crippen molar-refractivity contribution in [3.05, 3.63) is 59.9 Å². The molecular weight excluding hydrogens is 582 g/mol. The van der Waals surface area contributed by atoms with Crippen molar-refractivity contribution >= 4 is 40.9 Å². The number of nitrogens with two attached hydrogens (primary N) is 1. The quantitative estimate of drug-likeness (QED) is 0.190. The van der Waals surface area contributed by atoms with Crippen molar-refractivity contribution in [2.45, 2.75) is 89.6 Å². The van der Waals surface area contributed by atoms with Crippen LogP contribution in [0.25, 0.3) is 22.9 Å².